The van der Waals surface area contributed by atoms with Crippen LogP contribution in [-0.4, -0.2) is 37.2 Å². The first-order valence-corrected chi connectivity index (χ1v) is 11.9. The number of anilines is 3. The number of fused-ring (bicyclic) bond motifs is 1. The molecule has 0 saturated carbocycles. The number of nitrogens with one attached hydrogen (secondary N) is 3. The van der Waals surface area contributed by atoms with E-state index < -0.39 is 0 Å². The molecule has 3 aromatic heterocycles. The first kappa shape index (κ1) is 23.2. The summed E-state index contributed by atoms with van der Waals surface area (Å²) in [5, 5.41) is 10.2. The molecule has 182 valence electrons. The Morgan fingerprint density at radius 2 is 1.94 bits per heavy atom. The molecule has 0 saturated heterocycles. The fourth-order valence-corrected chi connectivity index (χ4v) is 4.54. The number of hydrogen-bond acceptors (Lipinski definition) is 6. The van der Waals surface area contributed by atoms with Gasteiger partial charge in [0.25, 0.3) is 5.91 Å². The zero-order valence-electron chi connectivity index (χ0n) is 20.0. The lowest BCUT2D eigenvalue weighted by molar-refractivity contribution is 0.0815. The molecular weight excluding hydrogens is 456 g/mol. The summed E-state index contributed by atoms with van der Waals surface area (Å²) >= 11 is 0. The molecule has 0 radical (unpaired) electrons. The SMILES string of the molecule is CCC[C@H]1CC(=O)c2[nH]c(-c3ccnc(NC(=O)c4ccn(C)n4)c3)c(Nc3ccccc3)c2C1=O. The standard InChI is InChI=1S/C27H26N6O3/c1-3-7-17-14-20(34)24-22(26(17)35)25(29-18-8-5-4-6-9-18)23(31-24)16-10-12-28-21(15-16)30-27(36)19-11-13-33(2)32-19/h4-6,8-13,15,17,29,31H,3,7,14H2,1-2H3,(H,28,30,36)/t17-/m0/s1. The molecule has 0 unspecified atom stereocenters. The third-order valence-electron chi connectivity index (χ3n) is 6.24. The number of carbonyl (C=O) groups excluding carboxylic acids is 3. The Kier molecular flexibility index (Phi) is 6.20. The second-order valence-corrected chi connectivity index (χ2v) is 8.85. The van der Waals surface area contributed by atoms with Crippen molar-refractivity contribution in [1.82, 2.24) is 19.7 Å². The lowest BCUT2D eigenvalue weighted by Gasteiger charge is -2.20. The summed E-state index contributed by atoms with van der Waals surface area (Å²) in [6.45, 7) is 2.01. The summed E-state index contributed by atoms with van der Waals surface area (Å²) in [6.07, 6.45) is 4.93. The molecule has 0 aliphatic heterocycles. The van der Waals surface area contributed by atoms with Crippen molar-refractivity contribution < 1.29 is 14.4 Å². The summed E-state index contributed by atoms with van der Waals surface area (Å²) in [6, 6.07) is 14.6. The molecule has 4 aromatic rings. The lowest BCUT2D eigenvalue weighted by atomic mass is 9.82. The molecule has 9 heteroatoms. The van der Waals surface area contributed by atoms with Gasteiger partial charge in [-0.25, -0.2) is 4.98 Å². The maximum Gasteiger partial charge on any atom is 0.277 e. The van der Waals surface area contributed by atoms with Crippen LogP contribution in [0.5, 0.6) is 0 Å². The van der Waals surface area contributed by atoms with E-state index in [-0.39, 0.29) is 35.5 Å². The molecule has 0 spiro atoms. The maximum absolute atomic E-state index is 13.5. The minimum Gasteiger partial charge on any atom is -0.353 e. The van der Waals surface area contributed by atoms with E-state index in [1.165, 1.54) is 0 Å². The molecule has 5 rings (SSSR count). The predicted octanol–water partition coefficient (Wildman–Crippen LogP) is 4.99. The van der Waals surface area contributed by atoms with Crippen LogP contribution in [0, 0.1) is 5.92 Å². The molecule has 1 aliphatic rings. The van der Waals surface area contributed by atoms with Crippen LogP contribution in [0.15, 0.2) is 60.9 Å². The molecule has 0 fully saturated rings. The highest BCUT2D eigenvalue weighted by Crippen LogP contribution is 2.41. The molecule has 1 amide bonds. The Labute approximate surface area is 208 Å². The van der Waals surface area contributed by atoms with Crippen LogP contribution in [0.2, 0.25) is 0 Å². The molecule has 1 atom stereocenters. The normalized spacial score (nSPS) is 15.0. The van der Waals surface area contributed by atoms with Crippen LogP contribution in [0.4, 0.5) is 17.2 Å². The second-order valence-electron chi connectivity index (χ2n) is 8.85. The van der Waals surface area contributed by atoms with Gasteiger partial charge in [-0.2, -0.15) is 5.10 Å². The van der Waals surface area contributed by atoms with E-state index in [4.69, 9.17) is 0 Å². The van der Waals surface area contributed by atoms with E-state index in [1.807, 2.05) is 37.3 Å². The summed E-state index contributed by atoms with van der Waals surface area (Å²) in [4.78, 5) is 46.6. The Balaban J connectivity index is 1.57. The molecule has 36 heavy (non-hydrogen) atoms. The average molecular weight is 483 g/mol. The van der Waals surface area contributed by atoms with Gasteiger partial charge in [0.15, 0.2) is 17.3 Å². The number of hydrogen-bond donors (Lipinski definition) is 3. The number of benzene rings is 1. The van der Waals surface area contributed by atoms with Crippen molar-refractivity contribution in [2.45, 2.75) is 26.2 Å². The number of Topliss-reactive ketones (excluding diaryl/α,β-unsaturated/α-hetero) is 2. The molecule has 3 heterocycles. The van der Waals surface area contributed by atoms with Crippen LogP contribution in [-0.2, 0) is 7.05 Å². The van der Waals surface area contributed by atoms with Crippen LogP contribution in [0.1, 0.15) is 57.5 Å². The Morgan fingerprint density at radius 3 is 2.67 bits per heavy atom. The first-order valence-electron chi connectivity index (χ1n) is 11.9. The number of aromatic nitrogens is 4. The minimum atomic E-state index is -0.388. The number of para-hydroxylation sites is 1. The Morgan fingerprint density at radius 1 is 1.14 bits per heavy atom. The van der Waals surface area contributed by atoms with Crippen molar-refractivity contribution in [3.05, 3.63) is 77.9 Å². The zero-order chi connectivity index (χ0) is 25.2. The van der Waals surface area contributed by atoms with Crippen molar-refractivity contribution >= 4 is 34.7 Å². The van der Waals surface area contributed by atoms with Crippen LogP contribution in [0.25, 0.3) is 11.3 Å². The van der Waals surface area contributed by atoms with Gasteiger partial charge in [0.05, 0.1) is 22.6 Å². The van der Waals surface area contributed by atoms with Gasteiger partial charge in [-0.3, -0.25) is 19.1 Å². The number of H-pyrrole nitrogens is 1. The summed E-state index contributed by atoms with van der Waals surface area (Å²) in [5.41, 5.74) is 3.56. The fraction of sp³-hybridized carbons (Fsp3) is 0.222. The Bertz CT molecular complexity index is 1450. The number of nitrogens with zero attached hydrogens (tertiary/aromatic N) is 3. The van der Waals surface area contributed by atoms with Crippen molar-refractivity contribution in [3.8, 4) is 11.3 Å². The van der Waals surface area contributed by atoms with E-state index in [1.54, 1.807) is 42.3 Å². The zero-order valence-corrected chi connectivity index (χ0v) is 20.0. The Hall–Kier alpha value is -4.53. The summed E-state index contributed by atoms with van der Waals surface area (Å²) in [7, 11) is 1.73. The maximum atomic E-state index is 13.5. The third kappa shape index (κ3) is 4.43. The summed E-state index contributed by atoms with van der Waals surface area (Å²) < 4.78 is 1.55. The highest BCUT2D eigenvalue weighted by Gasteiger charge is 2.37. The highest BCUT2D eigenvalue weighted by atomic mass is 16.2. The predicted molar refractivity (Wildman–Crippen MR) is 137 cm³/mol. The monoisotopic (exact) mass is 482 g/mol. The number of pyridine rings is 1. The van der Waals surface area contributed by atoms with Gasteiger partial charge in [0.1, 0.15) is 5.82 Å². The molecule has 9 nitrogen and oxygen atoms in total. The third-order valence-corrected chi connectivity index (χ3v) is 6.24. The highest BCUT2D eigenvalue weighted by molar-refractivity contribution is 6.19. The van der Waals surface area contributed by atoms with Gasteiger partial charge < -0.3 is 15.6 Å². The lowest BCUT2D eigenvalue weighted by Crippen LogP contribution is -2.26. The van der Waals surface area contributed by atoms with Gasteiger partial charge in [0.2, 0.25) is 0 Å². The van der Waals surface area contributed by atoms with Crippen molar-refractivity contribution in [3.63, 3.8) is 0 Å². The smallest absolute Gasteiger partial charge is 0.277 e. The van der Waals surface area contributed by atoms with Crippen molar-refractivity contribution in [2.24, 2.45) is 13.0 Å². The number of carbonyl (C=O) groups is 3. The van der Waals surface area contributed by atoms with Crippen LogP contribution >= 0.6 is 0 Å². The van der Waals surface area contributed by atoms with E-state index >= 15 is 0 Å². The van der Waals surface area contributed by atoms with Crippen molar-refractivity contribution in [2.75, 3.05) is 10.6 Å². The van der Waals surface area contributed by atoms with Gasteiger partial charge in [-0.15, -0.1) is 0 Å². The van der Waals surface area contributed by atoms with E-state index in [0.29, 0.717) is 40.4 Å². The number of ketones is 2. The largest absolute Gasteiger partial charge is 0.353 e. The summed E-state index contributed by atoms with van der Waals surface area (Å²) in [5.74, 6) is -0.516. The van der Waals surface area contributed by atoms with E-state index in [2.05, 4.69) is 25.7 Å². The van der Waals surface area contributed by atoms with Crippen molar-refractivity contribution in [1.29, 1.82) is 0 Å². The van der Waals surface area contributed by atoms with E-state index in [9.17, 15) is 14.4 Å². The fourth-order valence-electron chi connectivity index (χ4n) is 4.54. The first-order chi connectivity index (χ1) is 17.4. The average Bonchev–Trinajstić information content (AvgIpc) is 3.48. The van der Waals surface area contributed by atoms with Gasteiger partial charge >= 0.3 is 0 Å². The molecular formula is C27H26N6O3. The number of aromatic amines is 1. The second kappa shape index (κ2) is 9.61. The topological polar surface area (TPSA) is 122 Å². The van der Waals surface area contributed by atoms with Crippen LogP contribution < -0.4 is 10.6 Å². The number of aryl methyl sites for hydroxylation is 1. The molecule has 3 N–H and O–H groups in total. The minimum absolute atomic E-state index is 0.0369. The molecule has 1 aliphatic carbocycles. The number of rotatable bonds is 7. The van der Waals surface area contributed by atoms with Gasteiger partial charge in [-0.1, -0.05) is 31.5 Å². The molecule has 1 aromatic carbocycles. The van der Waals surface area contributed by atoms with E-state index in [0.717, 1.165) is 12.1 Å². The number of amides is 1. The van der Waals surface area contributed by atoms with Gasteiger partial charge in [-0.05, 0) is 36.8 Å². The molecule has 0 bridgehead atoms. The van der Waals surface area contributed by atoms with Gasteiger partial charge in [0, 0.05) is 43.0 Å². The quantitative estimate of drug-likeness (QED) is 0.341. The van der Waals surface area contributed by atoms with Crippen LogP contribution in [0.3, 0.4) is 0 Å².